The highest BCUT2D eigenvalue weighted by Gasteiger charge is 2.18. The van der Waals surface area contributed by atoms with E-state index in [-0.39, 0.29) is 16.8 Å². The largest absolute Gasteiger partial charge is 0.348 e. The molecule has 25 heavy (non-hydrogen) atoms. The molecule has 3 N–H and O–H groups in total. The van der Waals surface area contributed by atoms with Crippen LogP contribution in [0.2, 0.25) is 0 Å². The summed E-state index contributed by atoms with van der Waals surface area (Å²) in [6, 6.07) is 10.1. The molecule has 0 saturated carbocycles. The summed E-state index contributed by atoms with van der Waals surface area (Å²) in [6.07, 6.45) is 1.57. The zero-order valence-corrected chi connectivity index (χ0v) is 15.3. The van der Waals surface area contributed by atoms with Crippen LogP contribution in [-0.4, -0.2) is 40.0 Å². The molecule has 0 aliphatic carbocycles. The molecule has 2 aromatic rings. The number of amides is 1. The van der Waals surface area contributed by atoms with Gasteiger partial charge in [-0.15, -0.1) is 11.3 Å². The lowest BCUT2D eigenvalue weighted by Crippen LogP contribution is -2.36. The van der Waals surface area contributed by atoms with Gasteiger partial charge in [-0.3, -0.25) is 4.79 Å². The summed E-state index contributed by atoms with van der Waals surface area (Å²) in [7, 11) is -3.57. The third-order valence-corrected chi connectivity index (χ3v) is 6.48. The Labute approximate surface area is 151 Å². The first kappa shape index (κ1) is 18.1. The smallest absolute Gasteiger partial charge is 0.251 e. The van der Waals surface area contributed by atoms with Gasteiger partial charge in [0.1, 0.15) is 0 Å². The van der Waals surface area contributed by atoms with E-state index in [2.05, 4.69) is 15.4 Å². The molecule has 1 amide bonds. The van der Waals surface area contributed by atoms with Crippen LogP contribution in [0.3, 0.4) is 0 Å². The molecular weight excluding hydrogens is 358 g/mol. The predicted molar refractivity (Wildman–Crippen MR) is 98.4 cm³/mol. The van der Waals surface area contributed by atoms with Crippen LogP contribution in [0.5, 0.6) is 0 Å². The van der Waals surface area contributed by atoms with Crippen LogP contribution in [-0.2, 0) is 16.4 Å². The molecule has 3 rings (SSSR count). The number of benzene rings is 1. The maximum absolute atomic E-state index is 12.3. The minimum Gasteiger partial charge on any atom is -0.348 e. The summed E-state index contributed by atoms with van der Waals surface area (Å²) in [5.41, 5.74) is 0.462. The highest BCUT2D eigenvalue weighted by molar-refractivity contribution is 7.89. The predicted octanol–water partition coefficient (Wildman–Crippen LogP) is 1.36. The van der Waals surface area contributed by atoms with Crippen molar-refractivity contribution in [1.82, 2.24) is 15.4 Å². The second kappa shape index (κ2) is 8.09. The summed E-state index contributed by atoms with van der Waals surface area (Å²) in [5.74, 6) is -0.177. The standard InChI is InChI=1S/C17H21N3O3S2/c21-17(20-14-7-9-18-12-14)13-3-5-16(6-4-13)25(22,23)19-10-8-15-2-1-11-24-15/h1-6,11,14,18-19H,7-10,12H2,(H,20,21). The van der Waals surface area contributed by atoms with Gasteiger partial charge >= 0.3 is 0 Å². The lowest BCUT2D eigenvalue weighted by Gasteiger charge is -2.12. The number of thiophene rings is 1. The fourth-order valence-electron chi connectivity index (χ4n) is 2.68. The van der Waals surface area contributed by atoms with Crippen molar-refractivity contribution in [3.05, 3.63) is 52.2 Å². The van der Waals surface area contributed by atoms with Gasteiger partial charge in [0, 0.05) is 29.6 Å². The lowest BCUT2D eigenvalue weighted by atomic mass is 10.2. The van der Waals surface area contributed by atoms with Crippen molar-refractivity contribution in [3.63, 3.8) is 0 Å². The average molecular weight is 380 g/mol. The molecule has 134 valence electrons. The number of nitrogens with one attached hydrogen (secondary N) is 3. The van der Waals surface area contributed by atoms with Gasteiger partial charge in [-0.1, -0.05) is 6.07 Å². The van der Waals surface area contributed by atoms with Gasteiger partial charge in [-0.25, -0.2) is 13.1 Å². The van der Waals surface area contributed by atoms with Crippen molar-refractivity contribution in [2.24, 2.45) is 0 Å². The van der Waals surface area contributed by atoms with Crippen LogP contribution < -0.4 is 15.4 Å². The Morgan fingerprint density at radius 2 is 2.04 bits per heavy atom. The maximum Gasteiger partial charge on any atom is 0.251 e. The van der Waals surface area contributed by atoms with Crippen LogP contribution in [0.15, 0.2) is 46.7 Å². The monoisotopic (exact) mass is 379 g/mol. The normalized spacial score (nSPS) is 17.5. The van der Waals surface area contributed by atoms with Crippen molar-refractivity contribution in [2.75, 3.05) is 19.6 Å². The van der Waals surface area contributed by atoms with Gasteiger partial charge < -0.3 is 10.6 Å². The summed E-state index contributed by atoms with van der Waals surface area (Å²) in [6.45, 7) is 2.02. The summed E-state index contributed by atoms with van der Waals surface area (Å²) < 4.78 is 27.2. The molecule has 8 heteroatoms. The molecule has 6 nitrogen and oxygen atoms in total. The number of rotatable bonds is 7. The highest BCUT2D eigenvalue weighted by atomic mass is 32.2. The second-order valence-electron chi connectivity index (χ2n) is 5.91. The topological polar surface area (TPSA) is 87.3 Å². The van der Waals surface area contributed by atoms with Gasteiger partial charge in [0.15, 0.2) is 0 Å². The molecule has 1 aliphatic heterocycles. The van der Waals surface area contributed by atoms with Gasteiger partial charge in [0.05, 0.1) is 4.90 Å². The lowest BCUT2D eigenvalue weighted by molar-refractivity contribution is 0.0940. The summed E-state index contributed by atoms with van der Waals surface area (Å²) in [5, 5.41) is 8.09. The summed E-state index contributed by atoms with van der Waals surface area (Å²) >= 11 is 1.60. The molecule has 2 heterocycles. The Morgan fingerprint density at radius 1 is 1.24 bits per heavy atom. The van der Waals surface area contributed by atoms with Crippen molar-refractivity contribution < 1.29 is 13.2 Å². The maximum atomic E-state index is 12.3. The van der Waals surface area contributed by atoms with E-state index in [4.69, 9.17) is 0 Å². The third kappa shape index (κ3) is 4.88. The Balaban J connectivity index is 1.57. The molecule has 1 saturated heterocycles. The highest BCUT2D eigenvalue weighted by Crippen LogP contribution is 2.12. The van der Waals surface area contributed by atoms with Crippen LogP contribution in [0, 0.1) is 0 Å². The minimum absolute atomic E-state index is 0.134. The molecule has 1 atom stereocenters. The molecule has 1 fully saturated rings. The van der Waals surface area contributed by atoms with E-state index in [1.54, 1.807) is 23.5 Å². The van der Waals surface area contributed by atoms with E-state index in [1.165, 1.54) is 12.1 Å². The van der Waals surface area contributed by atoms with Crippen molar-refractivity contribution in [3.8, 4) is 0 Å². The SMILES string of the molecule is O=C(NC1CCNC1)c1ccc(S(=O)(=O)NCCc2cccs2)cc1. The fourth-order valence-corrected chi connectivity index (χ4v) is 4.42. The average Bonchev–Trinajstić information content (AvgIpc) is 3.29. The van der Waals surface area contributed by atoms with Crippen LogP contribution in [0.1, 0.15) is 21.7 Å². The van der Waals surface area contributed by atoms with E-state index >= 15 is 0 Å². The van der Waals surface area contributed by atoms with Crippen LogP contribution in [0.4, 0.5) is 0 Å². The van der Waals surface area contributed by atoms with Gasteiger partial charge in [-0.2, -0.15) is 0 Å². The number of carbonyl (C=O) groups is 1. The second-order valence-corrected chi connectivity index (χ2v) is 8.71. The van der Waals surface area contributed by atoms with Crippen molar-refractivity contribution in [2.45, 2.75) is 23.8 Å². The zero-order valence-electron chi connectivity index (χ0n) is 13.7. The van der Waals surface area contributed by atoms with Crippen molar-refractivity contribution in [1.29, 1.82) is 0 Å². The Bertz CT molecular complexity index is 796. The van der Waals surface area contributed by atoms with Crippen LogP contribution >= 0.6 is 11.3 Å². The minimum atomic E-state index is -3.57. The Kier molecular flexibility index (Phi) is 5.85. The quantitative estimate of drug-likeness (QED) is 0.678. The molecule has 0 radical (unpaired) electrons. The molecule has 1 aromatic heterocycles. The number of carbonyl (C=O) groups excluding carboxylic acids is 1. The first-order valence-corrected chi connectivity index (χ1v) is 10.5. The van der Waals surface area contributed by atoms with E-state index in [9.17, 15) is 13.2 Å². The Morgan fingerprint density at radius 3 is 2.68 bits per heavy atom. The third-order valence-electron chi connectivity index (χ3n) is 4.07. The molecule has 1 aromatic carbocycles. The van der Waals surface area contributed by atoms with Crippen molar-refractivity contribution >= 4 is 27.3 Å². The molecule has 1 unspecified atom stereocenters. The number of hydrogen-bond acceptors (Lipinski definition) is 5. The number of sulfonamides is 1. The molecule has 0 spiro atoms. The zero-order chi connectivity index (χ0) is 17.7. The van der Waals surface area contributed by atoms with E-state index < -0.39 is 10.0 Å². The van der Waals surface area contributed by atoms with Gasteiger partial charge in [0.2, 0.25) is 10.0 Å². The summed E-state index contributed by atoms with van der Waals surface area (Å²) in [4.78, 5) is 13.5. The van der Waals surface area contributed by atoms with Gasteiger partial charge in [-0.05, 0) is 55.1 Å². The first-order valence-electron chi connectivity index (χ1n) is 8.18. The van der Waals surface area contributed by atoms with Crippen LogP contribution in [0.25, 0.3) is 0 Å². The molecular formula is C17H21N3O3S2. The fraction of sp³-hybridized carbons (Fsp3) is 0.353. The van der Waals surface area contributed by atoms with E-state index in [0.717, 1.165) is 24.4 Å². The van der Waals surface area contributed by atoms with Gasteiger partial charge in [0.25, 0.3) is 5.91 Å². The van der Waals surface area contributed by atoms with E-state index in [0.29, 0.717) is 18.5 Å². The Hall–Kier alpha value is -1.74. The number of hydrogen-bond donors (Lipinski definition) is 3. The molecule has 0 bridgehead atoms. The van der Waals surface area contributed by atoms with E-state index in [1.807, 2.05) is 17.5 Å². The first-order chi connectivity index (χ1) is 12.0. The molecule has 1 aliphatic rings.